The number of imidazole rings is 1. The van der Waals surface area contributed by atoms with Crippen LogP contribution in [0.15, 0.2) is 62.5 Å². The standard InChI is InChI=1S/C23H17F2N5O5S/c24-22(25)34-9-1-2-11-12(5-9)30-23(29-11)36-16-4-3-15(35-16)17-10-6-27-20(21(32)33)19(10)28-13-7-26-8-14(31)18(13)17/h1-6,17,22,26-28H,7-8H2,(H,29,30)(H,32,33). The molecule has 4 aromatic rings. The van der Waals surface area contributed by atoms with E-state index in [1.54, 1.807) is 24.4 Å². The predicted molar refractivity (Wildman–Crippen MR) is 124 cm³/mol. The van der Waals surface area contributed by atoms with Crippen molar-refractivity contribution in [2.45, 2.75) is 22.8 Å². The molecule has 6 rings (SSSR count). The molecule has 1 aromatic carbocycles. The Morgan fingerprint density at radius 2 is 2.11 bits per heavy atom. The van der Waals surface area contributed by atoms with Crippen molar-refractivity contribution < 1.29 is 32.6 Å². The summed E-state index contributed by atoms with van der Waals surface area (Å²) in [5, 5.41) is 16.6. The number of hydrogen-bond donors (Lipinski definition) is 5. The average Bonchev–Trinajstić information content (AvgIpc) is 3.55. The third-order valence-electron chi connectivity index (χ3n) is 5.95. The number of halogens is 2. The minimum Gasteiger partial charge on any atom is -0.477 e. The van der Waals surface area contributed by atoms with Gasteiger partial charge < -0.3 is 34.9 Å². The number of aromatic nitrogens is 3. The number of alkyl halides is 2. The summed E-state index contributed by atoms with van der Waals surface area (Å²) >= 11 is 1.19. The maximum absolute atomic E-state index is 12.8. The van der Waals surface area contributed by atoms with Gasteiger partial charge in [0, 0.05) is 35.6 Å². The number of hydrogen-bond acceptors (Lipinski definition) is 8. The largest absolute Gasteiger partial charge is 0.477 e. The van der Waals surface area contributed by atoms with Crippen LogP contribution in [0.2, 0.25) is 0 Å². The van der Waals surface area contributed by atoms with Gasteiger partial charge >= 0.3 is 12.6 Å². The maximum Gasteiger partial charge on any atom is 0.387 e. The summed E-state index contributed by atoms with van der Waals surface area (Å²) in [6.45, 7) is -2.37. The highest BCUT2D eigenvalue weighted by molar-refractivity contribution is 7.99. The van der Waals surface area contributed by atoms with Gasteiger partial charge in [-0.1, -0.05) is 0 Å². The first-order chi connectivity index (χ1) is 17.4. The Hall–Kier alpha value is -4.10. The van der Waals surface area contributed by atoms with Gasteiger partial charge in [0.05, 0.1) is 29.2 Å². The van der Waals surface area contributed by atoms with E-state index in [2.05, 4.69) is 30.3 Å². The van der Waals surface area contributed by atoms with E-state index in [0.29, 0.717) is 56.1 Å². The molecule has 2 aliphatic heterocycles. The van der Waals surface area contributed by atoms with E-state index in [0.717, 1.165) is 0 Å². The Kier molecular flexibility index (Phi) is 5.30. The van der Waals surface area contributed by atoms with Gasteiger partial charge in [0.1, 0.15) is 17.2 Å². The molecule has 0 spiro atoms. The number of nitrogens with one attached hydrogen (secondary N) is 4. The number of furan rings is 1. The molecular weight excluding hydrogens is 496 g/mol. The number of H-pyrrole nitrogens is 2. The quantitative estimate of drug-likeness (QED) is 0.259. The van der Waals surface area contributed by atoms with E-state index in [1.165, 1.54) is 23.9 Å². The van der Waals surface area contributed by atoms with Crippen LogP contribution >= 0.6 is 11.8 Å². The summed E-state index contributed by atoms with van der Waals surface area (Å²) in [4.78, 5) is 34.8. The number of rotatable bonds is 6. The minimum atomic E-state index is -2.93. The molecule has 10 nitrogen and oxygen atoms in total. The smallest absolute Gasteiger partial charge is 0.387 e. The summed E-state index contributed by atoms with van der Waals surface area (Å²) < 4.78 is 35.5. The molecule has 0 saturated carbocycles. The van der Waals surface area contributed by atoms with Crippen LogP contribution in [0.4, 0.5) is 14.5 Å². The molecular formula is C23H17F2N5O5S. The lowest BCUT2D eigenvalue weighted by atomic mass is 9.82. The first-order valence-corrected chi connectivity index (χ1v) is 11.6. The number of carbonyl (C=O) groups excluding carboxylic acids is 1. The number of carboxylic acid groups (broad SMARTS) is 1. The number of Topliss-reactive ketones (excluding diaryl/α,β-unsaturated/α-hetero) is 1. The van der Waals surface area contributed by atoms with Crippen molar-refractivity contribution in [3.8, 4) is 5.75 Å². The van der Waals surface area contributed by atoms with Gasteiger partial charge in [-0.3, -0.25) is 4.79 Å². The monoisotopic (exact) mass is 513 g/mol. The van der Waals surface area contributed by atoms with Crippen LogP contribution < -0.4 is 15.4 Å². The van der Waals surface area contributed by atoms with Gasteiger partial charge in [0.25, 0.3) is 0 Å². The summed E-state index contributed by atoms with van der Waals surface area (Å²) in [6, 6.07) is 7.89. The molecule has 36 heavy (non-hydrogen) atoms. The summed E-state index contributed by atoms with van der Waals surface area (Å²) in [6.07, 6.45) is 1.57. The highest BCUT2D eigenvalue weighted by Gasteiger charge is 2.39. The molecule has 1 unspecified atom stereocenters. The van der Waals surface area contributed by atoms with Gasteiger partial charge in [0.15, 0.2) is 16.0 Å². The second-order valence-corrected chi connectivity index (χ2v) is 9.13. The molecule has 5 heterocycles. The lowest BCUT2D eigenvalue weighted by molar-refractivity contribution is -0.115. The lowest BCUT2D eigenvalue weighted by Gasteiger charge is -2.31. The van der Waals surface area contributed by atoms with Crippen LogP contribution in [0.3, 0.4) is 0 Å². The van der Waals surface area contributed by atoms with Crippen molar-refractivity contribution >= 4 is 40.2 Å². The highest BCUT2D eigenvalue weighted by Crippen LogP contribution is 2.45. The molecule has 0 aliphatic carbocycles. The van der Waals surface area contributed by atoms with Crippen molar-refractivity contribution in [2.24, 2.45) is 0 Å². The van der Waals surface area contributed by atoms with E-state index in [-0.39, 0.29) is 23.8 Å². The van der Waals surface area contributed by atoms with E-state index >= 15 is 0 Å². The fraction of sp³-hybridized carbons (Fsp3) is 0.174. The molecule has 13 heteroatoms. The van der Waals surface area contributed by atoms with Gasteiger partial charge in [0.2, 0.25) is 0 Å². The van der Waals surface area contributed by atoms with Crippen LogP contribution in [-0.4, -0.2) is 51.5 Å². The molecule has 5 N–H and O–H groups in total. The number of fused-ring (bicyclic) bond motifs is 2. The van der Waals surface area contributed by atoms with Crippen molar-refractivity contribution in [3.05, 3.63) is 64.8 Å². The molecule has 0 radical (unpaired) electrons. The highest BCUT2D eigenvalue weighted by atomic mass is 32.2. The summed E-state index contributed by atoms with van der Waals surface area (Å²) in [5.74, 6) is -1.33. The minimum absolute atomic E-state index is 0.00167. The fourth-order valence-corrected chi connectivity index (χ4v) is 5.28. The van der Waals surface area contributed by atoms with Crippen LogP contribution in [-0.2, 0) is 4.79 Å². The van der Waals surface area contributed by atoms with Crippen LogP contribution in [0.5, 0.6) is 5.75 Å². The Morgan fingerprint density at radius 1 is 1.25 bits per heavy atom. The second-order valence-electron chi connectivity index (χ2n) is 8.13. The first-order valence-electron chi connectivity index (χ1n) is 10.8. The molecule has 0 fully saturated rings. The van der Waals surface area contributed by atoms with Gasteiger partial charge in [-0.2, -0.15) is 8.78 Å². The Labute approximate surface area is 205 Å². The van der Waals surface area contributed by atoms with Crippen molar-refractivity contribution in [1.29, 1.82) is 0 Å². The van der Waals surface area contributed by atoms with E-state index in [1.807, 2.05) is 0 Å². The Morgan fingerprint density at radius 3 is 2.92 bits per heavy atom. The zero-order valence-electron chi connectivity index (χ0n) is 18.2. The van der Waals surface area contributed by atoms with Crippen molar-refractivity contribution in [1.82, 2.24) is 20.3 Å². The van der Waals surface area contributed by atoms with Crippen LogP contribution in [0.1, 0.15) is 27.7 Å². The number of anilines is 1. The topological polar surface area (TPSA) is 145 Å². The van der Waals surface area contributed by atoms with Crippen molar-refractivity contribution in [2.75, 3.05) is 18.4 Å². The number of nitrogens with zero attached hydrogens (tertiary/aromatic N) is 1. The van der Waals surface area contributed by atoms with Crippen LogP contribution in [0.25, 0.3) is 11.0 Å². The van der Waals surface area contributed by atoms with Gasteiger partial charge in [-0.15, -0.1) is 0 Å². The number of carbonyl (C=O) groups is 2. The number of benzene rings is 1. The maximum atomic E-state index is 12.8. The number of ether oxygens (including phenoxy) is 1. The third kappa shape index (κ3) is 3.82. The van der Waals surface area contributed by atoms with Gasteiger partial charge in [-0.05, 0) is 36.0 Å². The number of aromatic amines is 2. The molecule has 1 atom stereocenters. The normalized spacial score (nSPS) is 17.3. The zero-order valence-corrected chi connectivity index (χ0v) is 19.0. The number of carboxylic acids is 1. The molecule has 184 valence electrons. The average molecular weight is 513 g/mol. The van der Waals surface area contributed by atoms with E-state index in [9.17, 15) is 23.5 Å². The Balaban J connectivity index is 1.33. The SMILES string of the molecule is O=C1CNCC2=C1C(c1ccc(Sc3nc4ccc(OC(F)F)cc4[nH]3)o1)c1c[nH]c(C(=O)O)c1N2. The summed E-state index contributed by atoms with van der Waals surface area (Å²) in [7, 11) is 0. The molecule has 2 aliphatic rings. The van der Waals surface area contributed by atoms with Gasteiger partial charge in [-0.25, -0.2) is 9.78 Å². The fourth-order valence-electron chi connectivity index (χ4n) is 4.51. The summed E-state index contributed by atoms with van der Waals surface area (Å²) in [5.41, 5.74) is 3.22. The third-order valence-corrected chi connectivity index (χ3v) is 6.76. The van der Waals surface area contributed by atoms with E-state index < -0.39 is 18.5 Å². The van der Waals surface area contributed by atoms with E-state index in [4.69, 9.17) is 4.42 Å². The molecule has 0 saturated heterocycles. The van der Waals surface area contributed by atoms with Crippen molar-refractivity contribution in [3.63, 3.8) is 0 Å². The lowest BCUT2D eigenvalue weighted by Crippen LogP contribution is -2.39. The number of aromatic carboxylic acids is 1. The molecule has 3 aromatic heterocycles. The van der Waals surface area contributed by atoms with Crippen LogP contribution in [0, 0.1) is 0 Å². The first kappa shape index (κ1) is 22.4. The number of ketones is 1. The molecule has 0 bridgehead atoms. The molecule has 0 amide bonds. The zero-order chi connectivity index (χ0) is 25.0. The second kappa shape index (κ2) is 8.53. The Bertz CT molecular complexity index is 1560. The predicted octanol–water partition coefficient (Wildman–Crippen LogP) is 3.92.